The molecule has 1 N–H and O–H groups in total. The molecule has 0 saturated heterocycles. The van der Waals surface area contributed by atoms with Crippen molar-refractivity contribution in [1.82, 2.24) is 19.7 Å². The third-order valence-electron chi connectivity index (χ3n) is 3.04. The van der Waals surface area contributed by atoms with Crippen LogP contribution in [-0.4, -0.2) is 30.8 Å². The molecule has 3 aromatic heterocycles. The number of pyridine rings is 2. The first-order valence-electron chi connectivity index (χ1n) is 6.26. The minimum absolute atomic E-state index is 0.152. The van der Waals surface area contributed by atoms with Gasteiger partial charge in [0.05, 0.1) is 11.1 Å². The minimum atomic E-state index is -1.15. The Morgan fingerprint density at radius 1 is 1.32 bits per heavy atom. The number of carbonyl (C=O) groups is 1. The lowest BCUT2D eigenvalue weighted by atomic mass is 10.2. The number of carboxylic acids is 1. The molecule has 0 spiro atoms. The van der Waals surface area contributed by atoms with Gasteiger partial charge in [-0.05, 0) is 39.7 Å². The van der Waals surface area contributed by atoms with E-state index in [0.717, 1.165) is 10.2 Å². The molecule has 0 amide bonds. The van der Waals surface area contributed by atoms with Crippen LogP contribution in [0.25, 0.3) is 11.0 Å². The van der Waals surface area contributed by atoms with E-state index in [0.29, 0.717) is 17.6 Å². The summed E-state index contributed by atoms with van der Waals surface area (Å²) < 4.78 is 2.45. The van der Waals surface area contributed by atoms with Crippen molar-refractivity contribution >= 4 is 45.2 Å². The molecule has 0 radical (unpaired) electrons. The molecule has 0 aliphatic rings. The Bertz CT molecular complexity index is 924. The van der Waals surface area contributed by atoms with Gasteiger partial charge in [-0.3, -0.25) is 0 Å². The van der Waals surface area contributed by atoms with Crippen LogP contribution in [0.3, 0.4) is 0 Å². The van der Waals surface area contributed by atoms with Crippen LogP contribution < -0.4 is 0 Å². The second kappa shape index (κ2) is 5.90. The van der Waals surface area contributed by atoms with Crippen LogP contribution in [-0.2, 0) is 6.54 Å². The van der Waals surface area contributed by atoms with Gasteiger partial charge in [0.1, 0.15) is 4.60 Å². The van der Waals surface area contributed by atoms with Crippen molar-refractivity contribution in [1.29, 1.82) is 0 Å². The van der Waals surface area contributed by atoms with Gasteiger partial charge in [0.25, 0.3) is 0 Å². The number of hydrogen-bond acceptors (Lipinski definition) is 5. The first-order chi connectivity index (χ1) is 10.6. The lowest BCUT2D eigenvalue weighted by molar-refractivity contribution is 0.0687. The summed E-state index contributed by atoms with van der Waals surface area (Å²) in [5.74, 6) is -1.15. The van der Waals surface area contributed by atoms with Crippen molar-refractivity contribution in [3.8, 4) is 0 Å². The molecule has 3 heterocycles. The smallest absolute Gasteiger partial charge is 0.357 e. The average molecular weight is 377 g/mol. The third kappa shape index (κ3) is 2.75. The summed E-state index contributed by atoms with van der Waals surface area (Å²) in [7, 11) is 0. The molecule has 22 heavy (non-hydrogen) atoms. The van der Waals surface area contributed by atoms with E-state index in [1.54, 1.807) is 24.5 Å². The minimum Gasteiger partial charge on any atom is -0.476 e. The molecule has 0 saturated carbocycles. The molecule has 0 fully saturated rings. The Morgan fingerprint density at radius 2 is 2.14 bits per heavy atom. The normalized spacial score (nSPS) is 10.8. The highest BCUT2D eigenvalue weighted by Gasteiger charge is 2.14. The largest absolute Gasteiger partial charge is 0.476 e. The topological polar surface area (TPSA) is 80.9 Å². The summed E-state index contributed by atoms with van der Waals surface area (Å²) in [6, 6.07) is 7.15. The first kappa shape index (κ1) is 14.7. The van der Waals surface area contributed by atoms with Crippen molar-refractivity contribution in [2.75, 3.05) is 0 Å². The number of nitrogens with zero attached hydrogens (tertiary/aromatic N) is 4. The number of halogens is 1. The number of aromatic nitrogens is 4. The molecule has 0 bridgehead atoms. The molecule has 0 aromatic carbocycles. The van der Waals surface area contributed by atoms with Crippen LogP contribution in [0.5, 0.6) is 0 Å². The standard InChI is InChI=1S/C14H9BrN4O2S/c15-10-4-3-8(6-17-10)7-19-13-9(2-1-5-16-13)12(22)11(18-19)14(20)21/h1-6H,7H2,(H,20,21). The zero-order valence-corrected chi connectivity index (χ0v) is 13.5. The second-order valence-corrected chi connectivity index (χ2v) is 5.72. The van der Waals surface area contributed by atoms with Gasteiger partial charge in [-0.25, -0.2) is 19.4 Å². The van der Waals surface area contributed by atoms with Crippen molar-refractivity contribution in [3.63, 3.8) is 0 Å². The monoisotopic (exact) mass is 376 g/mol. The molecule has 3 aromatic rings. The number of fused-ring (bicyclic) bond motifs is 1. The van der Waals surface area contributed by atoms with E-state index in [1.165, 1.54) is 4.68 Å². The van der Waals surface area contributed by atoms with Gasteiger partial charge in [0.15, 0.2) is 11.3 Å². The van der Waals surface area contributed by atoms with Gasteiger partial charge in [-0.2, -0.15) is 5.10 Å². The fourth-order valence-electron chi connectivity index (χ4n) is 2.04. The summed E-state index contributed by atoms with van der Waals surface area (Å²) in [4.78, 5) is 19.7. The van der Waals surface area contributed by atoms with E-state index in [-0.39, 0.29) is 10.2 Å². The molecular formula is C14H9BrN4O2S. The molecule has 0 aliphatic carbocycles. The van der Waals surface area contributed by atoms with Gasteiger partial charge < -0.3 is 5.11 Å². The number of rotatable bonds is 3. The van der Waals surface area contributed by atoms with Gasteiger partial charge in [-0.1, -0.05) is 18.3 Å². The highest BCUT2D eigenvalue weighted by molar-refractivity contribution is 9.10. The Kier molecular flexibility index (Phi) is 3.95. The Labute approximate surface area is 138 Å². The molecule has 0 unspecified atom stereocenters. The molecule has 0 atom stereocenters. The number of hydrogen-bond donors (Lipinski definition) is 1. The zero-order valence-electron chi connectivity index (χ0n) is 11.1. The lowest BCUT2D eigenvalue weighted by Crippen LogP contribution is -2.14. The summed E-state index contributed by atoms with van der Waals surface area (Å²) in [6.45, 7) is 0.351. The van der Waals surface area contributed by atoms with Crippen molar-refractivity contribution < 1.29 is 9.90 Å². The summed E-state index contributed by atoms with van der Waals surface area (Å²) in [6.07, 6.45) is 3.31. The predicted octanol–water partition coefficient (Wildman–Crippen LogP) is 3.06. The van der Waals surface area contributed by atoms with E-state index in [9.17, 15) is 9.90 Å². The summed E-state index contributed by atoms with van der Waals surface area (Å²) in [5.41, 5.74) is 1.27. The van der Waals surface area contributed by atoms with Crippen molar-refractivity contribution in [3.05, 3.63) is 57.0 Å². The van der Waals surface area contributed by atoms with Crippen LogP contribution in [0.4, 0.5) is 0 Å². The third-order valence-corrected chi connectivity index (χ3v) is 3.92. The van der Waals surface area contributed by atoms with E-state index in [2.05, 4.69) is 31.0 Å². The number of carboxylic acid groups (broad SMARTS) is 1. The molecule has 3 rings (SSSR count). The van der Waals surface area contributed by atoms with Crippen LogP contribution >= 0.6 is 28.1 Å². The van der Waals surface area contributed by atoms with Crippen molar-refractivity contribution in [2.24, 2.45) is 0 Å². The van der Waals surface area contributed by atoms with E-state index in [4.69, 9.17) is 12.2 Å². The van der Waals surface area contributed by atoms with Crippen LogP contribution in [0.1, 0.15) is 16.1 Å². The van der Waals surface area contributed by atoms with Gasteiger partial charge >= 0.3 is 5.97 Å². The second-order valence-electron chi connectivity index (χ2n) is 4.50. The van der Waals surface area contributed by atoms with Gasteiger partial charge in [-0.15, -0.1) is 0 Å². The Balaban J connectivity index is 2.19. The highest BCUT2D eigenvalue weighted by atomic mass is 79.9. The Hall–Kier alpha value is -2.19. The quantitative estimate of drug-likeness (QED) is 0.558. The van der Waals surface area contributed by atoms with E-state index in [1.807, 2.05) is 12.1 Å². The van der Waals surface area contributed by atoms with E-state index >= 15 is 0 Å². The summed E-state index contributed by atoms with van der Waals surface area (Å²) in [5, 5.41) is 14.0. The SMILES string of the molecule is O=C(O)c1nn(Cc2ccc(Br)nc2)c2ncccc2c1=S. The molecule has 6 nitrogen and oxygen atoms in total. The maximum absolute atomic E-state index is 11.3. The highest BCUT2D eigenvalue weighted by Crippen LogP contribution is 2.16. The molecular weight excluding hydrogens is 368 g/mol. The molecule has 0 aliphatic heterocycles. The van der Waals surface area contributed by atoms with Gasteiger partial charge in [0, 0.05) is 17.8 Å². The first-order valence-corrected chi connectivity index (χ1v) is 7.46. The maximum Gasteiger partial charge on any atom is 0.357 e. The van der Waals surface area contributed by atoms with Crippen molar-refractivity contribution in [2.45, 2.75) is 6.54 Å². The van der Waals surface area contributed by atoms with Gasteiger partial charge in [0.2, 0.25) is 0 Å². The average Bonchev–Trinajstić information content (AvgIpc) is 2.52. The summed E-state index contributed by atoms with van der Waals surface area (Å²) >= 11 is 8.47. The van der Waals surface area contributed by atoms with E-state index < -0.39 is 5.97 Å². The van der Waals surface area contributed by atoms with Crippen LogP contribution in [0, 0.1) is 4.51 Å². The fraction of sp³-hybridized carbons (Fsp3) is 0.0714. The fourth-order valence-corrected chi connectivity index (χ4v) is 2.57. The maximum atomic E-state index is 11.3. The van der Waals surface area contributed by atoms with Crippen LogP contribution in [0.15, 0.2) is 41.3 Å². The Morgan fingerprint density at radius 3 is 2.82 bits per heavy atom. The number of aromatic carboxylic acids is 1. The predicted molar refractivity (Wildman–Crippen MR) is 86.4 cm³/mol. The molecule has 110 valence electrons. The van der Waals surface area contributed by atoms with Crippen LogP contribution in [0.2, 0.25) is 0 Å². The lowest BCUT2D eigenvalue weighted by Gasteiger charge is -2.10. The molecule has 8 heteroatoms. The zero-order chi connectivity index (χ0) is 15.7.